The first kappa shape index (κ1) is 15.0. The van der Waals surface area contributed by atoms with Gasteiger partial charge in [0.15, 0.2) is 5.60 Å². The van der Waals surface area contributed by atoms with E-state index in [9.17, 15) is 9.90 Å². The quantitative estimate of drug-likeness (QED) is 0.637. The van der Waals surface area contributed by atoms with Crippen molar-refractivity contribution in [2.24, 2.45) is 11.8 Å². The maximum absolute atomic E-state index is 12.6. The average Bonchev–Trinajstić information content (AvgIpc) is 3.03. The van der Waals surface area contributed by atoms with Crippen molar-refractivity contribution in [1.82, 2.24) is 4.90 Å². The second-order valence-electron chi connectivity index (χ2n) is 6.89. The zero-order valence-electron chi connectivity index (χ0n) is 13.0. The van der Waals surface area contributed by atoms with Crippen LogP contribution in [0.1, 0.15) is 45.4 Å². The van der Waals surface area contributed by atoms with Gasteiger partial charge in [-0.3, -0.25) is 4.90 Å². The van der Waals surface area contributed by atoms with Gasteiger partial charge in [-0.25, -0.2) is 4.79 Å². The Labute approximate surface area is 127 Å². The number of hydrogen-bond acceptors (Lipinski definition) is 4. The number of piperidine rings is 3. The van der Waals surface area contributed by atoms with Gasteiger partial charge < -0.3 is 9.84 Å². The second-order valence-corrected chi connectivity index (χ2v) is 6.89. The van der Waals surface area contributed by atoms with Gasteiger partial charge in [0.2, 0.25) is 0 Å². The summed E-state index contributed by atoms with van der Waals surface area (Å²) >= 11 is 0. The summed E-state index contributed by atoms with van der Waals surface area (Å²) in [6, 6.07) is 0. The molecule has 4 nitrogen and oxygen atoms in total. The smallest absolute Gasteiger partial charge is 0.342 e. The maximum Gasteiger partial charge on any atom is 0.342 e. The van der Waals surface area contributed by atoms with Crippen molar-refractivity contribution >= 4 is 5.97 Å². The fourth-order valence-corrected chi connectivity index (χ4v) is 4.27. The summed E-state index contributed by atoms with van der Waals surface area (Å²) in [4.78, 5) is 15.0. The zero-order valence-corrected chi connectivity index (χ0v) is 13.0. The van der Waals surface area contributed by atoms with E-state index >= 15 is 0 Å². The molecule has 2 atom stereocenters. The Morgan fingerprint density at radius 2 is 1.90 bits per heavy atom. The highest BCUT2D eigenvalue weighted by Crippen LogP contribution is 2.37. The lowest BCUT2D eigenvalue weighted by Gasteiger charge is -2.44. The lowest BCUT2D eigenvalue weighted by atomic mass is 9.84. The molecular formula is C17H27NO3. The van der Waals surface area contributed by atoms with Gasteiger partial charge in [0, 0.05) is 12.5 Å². The number of fused-ring (bicyclic) bond motifs is 3. The van der Waals surface area contributed by atoms with Crippen LogP contribution in [0.15, 0.2) is 12.2 Å². The molecule has 4 heteroatoms. The standard InChI is InChI=1S/C17H27NO3/c1-2-9-17(20,14-5-3-4-6-14)16(19)21-15-12-18-10-7-13(15)8-11-18/h2,9,13-15,20H,3-8,10-12H2,1H3/b9-2-/t15-,17-/m1/s1. The Hall–Kier alpha value is -0.870. The Morgan fingerprint density at radius 1 is 1.24 bits per heavy atom. The number of ether oxygens (including phenoxy) is 1. The summed E-state index contributed by atoms with van der Waals surface area (Å²) in [5, 5.41) is 10.9. The van der Waals surface area contributed by atoms with Gasteiger partial charge >= 0.3 is 5.97 Å². The molecule has 0 aromatic heterocycles. The maximum atomic E-state index is 12.6. The summed E-state index contributed by atoms with van der Waals surface area (Å²) < 4.78 is 5.77. The Bertz CT molecular complexity index is 408. The van der Waals surface area contributed by atoms with Crippen LogP contribution in [-0.4, -0.2) is 47.3 Å². The van der Waals surface area contributed by atoms with Crippen LogP contribution in [0.2, 0.25) is 0 Å². The highest BCUT2D eigenvalue weighted by Gasteiger charge is 2.46. The predicted octanol–water partition coefficient (Wildman–Crippen LogP) is 2.12. The number of nitrogens with zero attached hydrogens (tertiary/aromatic N) is 1. The zero-order chi connectivity index (χ0) is 14.9. The summed E-state index contributed by atoms with van der Waals surface area (Å²) in [7, 11) is 0. The highest BCUT2D eigenvalue weighted by atomic mass is 16.6. The molecule has 2 bridgehead atoms. The van der Waals surface area contributed by atoms with Crippen LogP contribution >= 0.6 is 0 Å². The van der Waals surface area contributed by atoms with Crippen LogP contribution in [0, 0.1) is 11.8 Å². The first-order valence-electron chi connectivity index (χ1n) is 8.43. The van der Waals surface area contributed by atoms with Crippen molar-refractivity contribution in [3.8, 4) is 0 Å². The van der Waals surface area contributed by atoms with Gasteiger partial charge in [0.1, 0.15) is 6.10 Å². The average molecular weight is 293 g/mol. The van der Waals surface area contributed by atoms with E-state index in [1.54, 1.807) is 12.2 Å². The van der Waals surface area contributed by atoms with Crippen LogP contribution in [0.3, 0.4) is 0 Å². The molecule has 4 aliphatic rings. The molecule has 3 heterocycles. The van der Waals surface area contributed by atoms with Crippen molar-refractivity contribution in [1.29, 1.82) is 0 Å². The van der Waals surface area contributed by atoms with Crippen molar-refractivity contribution in [3.63, 3.8) is 0 Å². The number of aliphatic hydroxyl groups is 1. The minimum absolute atomic E-state index is 0.0160. The van der Waals surface area contributed by atoms with Crippen LogP contribution in [0.25, 0.3) is 0 Å². The molecule has 0 amide bonds. The topological polar surface area (TPSA) is 49.8 Å². The number of carbonyl (C=O) groups excluding carboxylic acids is 1. The Balaban J connectivity index is 1.69. The Morgan fingerprint density at radius 3 is 2.43 bits per heavy atom. The van der Waals surface area contributed by atoms with Crippen LogP contribution in [0.4, 0.5) is 0 Å². The minimum Gasteiger partial charge on any atom is -0.458 e. The third-order valence-corrected chi connectivity index (χ3v) is 5.58. The normalized spacial score (nSPS) is 36.0. The number of allylic oxidation sites excluding steroid dienone is 1. The molecule has 4 fully saturated rings. The largest absolute Gasteiger partial charge is 0.458 e. The predicted molar refractivity (Wildman–Crippen MR) is 80.8 cm³/mol. The van der Waals surface area contributed by atoms with E-state index < -0.39 is 11.6 Å². The summed E-state index contributed by atoms with van der Waals surface area (Å²) in [5.41, 5.74) is -1.42. The van der Waals surface area contributed by atoms with E-state index in [0.29, 0.717) is 5.92 Å². The van der Waals surface area contributed by atoms with Crippen LogP contribution in [-0.2, 0) is 9.53 Å². The third kappa shape index (κ3) is 2.88. The van der Waals surface area contributed by atoms with E-state index in [2.05, 4.69) is 4.90 Å². The van der Waals surface area contributed by atoms with Crippen molar-refractivity contribution in [2.75, 3.05) is 19.6 Å². The number of hydrogen-bond donors (Lipinski definition) is 1. The van der Waals surface area contributed by atoms with Gasteiger partial charge in [0.25, 0.3) is 0 Å². The van der Waals surface area contributed by atoms with Crippen LogP contribution < -0.4 is 0 Å². The van der Waals surface area contributed by atoms with E-state index in [0.717, 1.165) is 58.2 Å². The van der Waals surface area contributed by atoms with Crippen LogP contribution in [0.5, 0.6) is 0 Å². The molecule has 1 N–H and O–H groups in total. The molecule has 0 aromatic rings. The van der Waals surface area contributed by atoms with Gasteiger partial charge in [-0.2, -0.15) is 0 Å². The van der Waals surface area contributed by atoms with E-state index in [1.165, 1.54) is 0 Å². The van der Waals surface area contributed by atoms with Gasteiger partial charge in [-0.05, 0) is 57.7 Å². The molecule has 3 aliphatic heterocycles. The molecule has 0 unspecified atom stereocenters. The van der Waals surface area contributed by atoms with Gasteiger partial charge in [0.05, 0.1) is 0 Å². The molecule has 0 aromatic carbocycles. The highest BCUT2D eigenvalue weighted by molar-refractivity contribution is 5.82. The molecule has 0 spiro atoms. The summed E-state index contributed by atoms with van der Waals surface area (Å²) in [6.45, 7) is 4.94. The second kappa shape index (κ2) is 6.09. The number of rotatable bonds is 4. The van der Waals surface area contributed by atoms with E-state index in [4.69, 9.17) is 4.74 Å². The van der Waals surface area contributed by atoms with E-state index in [-0.39, 0.29) is 12.0 Å². The molecular weight excluding hydrogens is 266 g/mol. The molecule has 4 rings (SSSR count). The molecule has 1 aliphatic carbocycles. The van der Waals surface area contributed by atoms with Crippen molar-refractivity contribution in [2.45, 2.75) is 57.2 Å². The lowest BCUT2D eigenvalue weighted by Crippen LogP contribution is -2.54. The van der Waals surface area contributed by atoms with Crippen molar-refractivity contribution < 1.29 is 14.6 Å². The van der Waals surface area contributed by atoms with Gasteiger partial charge in [-0.15, -0.1) is 0 Å². The molecule has 3 saturated heterocycles. The fourth-order valence-electron chi connectivity index (χ4n) is 4.27. The monoisotopic (exact) mass is 293 g/mol. The summed E-state index contributed by atoms with van der Waals surface area (Å²) in [5.74, 6) is 0.0749. The van der Waals surface area contributed by atoms with Crippen molar-refractivity contribution in [3.05, 3.63) is 12.2 Å². The number of esters is 1. The molecule has 1 saturated carbocycles. The molecule has 21 heavy (non-hydrogen) atoms. The Kier molecular flexibility index (Phi) is 4.36. The number of carbonyl (C=O) groups is 1. The molecule has 0 radical (unpaired) electrons. The first-order valence-corrected chi connectivity index (χ1v) is 8.43. The third-order valence-electron chi connectivity index (χ3n) is 5.58. The molecule has 118 valence electrons. The minimum atomic E-state index is -1.42. The first-order chi connectivity index (χ1) is 10.1. The van der Waals surface area contributed by atoms with E-state index in [1.807, 2.05) is 6.92 Å². The SMILES string of the molecule is C/C=C\[C@](O)(C(=O)O[C@@H]1CN2CCC1CC2)C1CCCC1. The summed E-state index contributed by atoms with van der Waals surface area (Å²) in [6.07, 6.45) is 9.63. The fraction of sp³-hybridized carbons (Fsp3) is 0.824. The lowest BCUT2D eigenvalue weighted by molar-refractivity contribution is -0.180. The van der Waals surface area contributed by atoms with Gasteiger partial charge in [-0.1, -0.05) is 18.9 Å².